The molecule has 1 heterocycles. The summed E-state index contributed by atoms with van der Waals surface area (Å²) >= 11 is 3.39. The predicted molar refractivity (Wildman–Crippen MR) is 64.0 cm³/mol. The Balaban J connectivity index is 2.49. The van der Waals surface area contributed by atoms with Crippen LogP contribution < -0.4 is 5.32 Å². The fraction of sp³-hybridized carbons (Fsp3) is 0.182. The third-order valence-electron chi connectivity index (χ3n) is 2.23. The summed E-state index contributed by atoms with van der Waals surface area (Å²) in [6, 6.07) is 5.82. The third-order valence-corrected chi connectivity index (χ3v) is 2.72. The fourth-order valence-corrected chi connectivity index (χ4v) is 1.90. The van der Waals surface area contributed by atoms with Gasteiger partial charge in [-0.3, -0.25) is 4.79 Å². The number of carbonyl (C=O) groups excluding carboxylic acids is 1. The minimum atomic E-state index is -0.0360. The van der Waals surface area contributed by atoms with E-state index in [2.05, 4.69) is 26.2 Å². The summed E-state index contributed by atoms with van der Waals surface area (Å²) in [5, 5.41) is 3.73. The highest BCUT2D eigenvalue weighted by atomic mass is 79.9. The van der Waals surface area contributed by atoms with Crippen molar-refractivity contribution in [2.75, 3.05) is 6.54 Å². The number of amides is 1. The molecule has 0 aliphatic heterocycles. The minimum Gasteiger partial charge on any atom is -0.360 e. The number of hydrogen-bond donors (Lipinski definition) is 2. The lowest BCUT2D eigenvalue weighted by Crippen LogP contribution is -2.22. The molecule has 1 aromatic heterocycles. The number of benzene rings is 1. The molecule has 0 fully saturated rings. The average molecular weight is 267 g/mol. The van der Waals surface area contributed by atoms with Crippen LogP contribution in [-0.4, -0.2) is 17.4 Å². The van der Waals surface area contributed by atoms with Crippen LogP contribution in [0.1, 0.15) is 17.3 Å². The van der Waals surface area contributed by atoms with Gasteiger partial charge in [0, 0.05) is 28.1 Å². The Labute approximate surface area is 96.0 Å². The summed E-state index contributed by atoms with van der Waals surface area (Å²) in [5.41, 5.74) is 1.66. The Morgan fingerprint density at radius 1 is 1.53 bits per heavy atom. The van der Waals surface area contributed by atoms with E-state index >= 15 is 0 Å². The van der Waals surface area contributed by atoms with Crippen molar-refractivity contribution in [2.45, 2.75) is 6.92 Å². The summed E-state index contributed by atoms with van der Waals surface area (Å²) in [6.45, 7) is 2.55. The second-order valence-corrected chi connectivity index (χ2v) is 4.17. The van der Waals surface area contributed by atoms with Crippen molar-refractivity contribution in [2.24, 2.45) is 0 Å². The van der Waals surface area contributed by atoms with Crippen LogP contribution >= 0.6 is 15.9 Å². The molecular formula is C11H11BrN2O. The number of halogens is 1. The topological polar surface area (TPSA) is 44.9 Å². The van der Waals surface area contributed by atoms with E-state index in [1.165, 1.54) is 0 Å². The molecule has 0 saturated heterocycles. The van der Waals surface area contributed by atoms with Gasteiger partial charge in [0.25, 0.3) is 5.91 Å². The van der Waals surface area contributed by atoms with Gasteiger partial charge in [-0.25, -0.2) is 0 Å². The summed E-state index contributed by atoms with van der Waals surface area (Å²) in [6.07, 6.45) is 1.74. The van der Waals surface area contributed by atoms with Gasteiger partial charge in [0.15, 0.2) is 0 Å². The molecular weight excluding hydrogens is 256 g/mol. The van der Waals surface area contributed by atoms with Crippen LogP contribution in [0.2, 0.25) is 0 Å². The SMILES string of the molecule is CCNC(=O)c1c[nH]c2cc(Br)ccc12. The molecule has 0 atom stereocenters. The Morgan fingerprint density at radius 3 is 3.07 bits per heavy atom. The lowest BCUT2D eigenvalue weighted by molar-refractivity contribution is 0.0957. The van der Waals surface area contributed by atoms with Gasteiger partial charge >= 0.3 is 0 Å². The number of rotatable bonds is 2. The van der Waals surface area contributed by atoms with Gasteiger partial charge in [-0.05, 0) is 19.1 Å². The molecule has 2 N–H and O–H groups in total. The summed E-state index contributed by atoms with van der Waals surface area (Å²) in [5.74, 6) is -0.0360. The Bertz CT molecular complexity index is 504. The lowest BCUT2D eigenvalue weighted by Gasteiger charge is -1.99. The smallest absolute Gasteiger partial charge is 0.253 e. The van der Waals surface area contributed by atoms with E-state index < -0.39 is 0 Å². The van der Waals surface area contributed by atoms with E-state index in [1.54, 1.807) is 6.20 Å². The number of carbonyl (C=O) groups is 1. The van der Waals surface area contributed by atoms with Crippen LogP contribution in [0, 0.1) is 0 Å². The first kappa shape index (κ1) is 10.2. The number of hydrogen-bond acceptors (Lipinski definition) is 1. The molecule has 0 aliphatic carbocycles. The molecule has 2 rings (SSSR count). The van der Waals surface area contributed by atoms with E-state index in [1.807, 2.05) is 25.1 Å². The van der Waals surface area contributed by atoms with Crippen molar-refractivity contribution in [3.63, 3.8) is 0 Å². The second kappa shape index (κ2) is 4.06. The molecule has 1 aromatic carbocycles. The Hall–Kier alpha value is -1.29. The number of aromatic nitrogens is 1. The molecule has 0 unspecified atom stereocenters. The van der Waals surface area contributed by atoms with Crippen LogP contribution in [0.4, 0.5) is 0 Å². The predicted octanol–water partition coefficient (Wildman–Crippen LogP) is 2.68. The first-order chi connectivity index (χ1) is 7.22. The van der Waals surface area contributed by atoms with E-state index in [-0.39, 0.29) is 5.91 Å². The van der Waals surface area contributed by atoms with Crippen molar-refractivity contribution >= 4 is 32.7 Å². The Kier molecular flexibility index (Phi) is 2.77. The van der Waals surface area contributed by atoms with Crippen LogP contribution in [0.15, 0.2) is 28.9 Å². The van der Waals surface area contributed by atoms with Crippen molar-refractivity contribution in [3.8, 4) is 0 Å². The van der Waals surface area contributed by atoms with Crippen LogP contribution in [0.5, 0.6) is 0 Å². The maximum Gasteiger partial charge on any atom is 0.253 e. The van der Waals surface area contributed by atoms with Crippen molar-refractivity contribution in [3.05, 3.63) is 34.4 Å². The number of aromatic amines is 1. The van der Waals surface area contributed by atoms with Crippen LogP contribution in [0.3, 0.4) is 0 Å². The van der Waals surface area contributed by atoms with E-state index in [4.69, 9.17) is 0 Å². The van der Waals surface area contributed by atoms with Gasteiger partial charge in [-0.2, -0.15) is 0 Å². The highest BCUT2D eigenvalue weighted by Crippen LogP contribution is 2.22. The normalized spacial score (nSPS) is 10.5. The summed E-state index contributed by atoms with van der Waals surface area (Å²) < 4.78 is 0.999. The van der Waals surface area contributed by atoms with Crippen LogP contribution in [-0.2, 0) is 0 Å². The molecule has 3 nitrogen and oxygen atoms in total. The molecule has 0 aliphatic rings. The largest absolute Gasteiger partial charge is 0.360 e. The van der Waals surface area contributed by atoms with E-state index in [9.17, 15) is 4.79 Å². The van der Waals surface area contributed by atoms with Gasteiger partial charge in [0.1, 0.15) is 0 Å². The molecule has 0 spiro atoms. The highest BCUT2D eigenvalue weighted by molar-refractivity contribution is 9.10. The number of nitrogens with one attached hydrogen (secondary N) is 2. The molecule has 15 heavy (non-hydrogen) atoms. The van der Waals surface area contributed by atoms with Gasteiger partial charge < -0.3 is 10.3 Å². The monoisotopic (exact) mass is 266 g/mol. The van der Waals surface area contributed by atoms with Gasteiger partial charge in [0.2, 0.25) is 0 Å². The number of fused-ring (bicyclic) bond motifs is 1. The first-order valence-electron chi connectivity index (χ1n) is 4.77. The van der Waals surface area contributed by atoms with Gasteiger partial charge in [-0.1, -0.05) is 22.0 Å². The summed E-state index contributed by atoms with van der Waals surface area (Å²) in [7, 11) is 0. The molecule has 0 radical (unpaired) electrons. The first-order valence-corrected chi connectivity index (χ1v) is 5.56. The van der Waals surface area contributed by atoms with E-state index in [0.29, 0.717) is 12.1 Å². The highest BCUT2D eigenvalue weighted by Gasteiger charge is 2.10. The van der Waals surface area contributed by atoms with Gasteiger partial charge in [-0.15, -0.1) is 0 Å². The van der Waals surface area contributed by atoms with E-state index in [0.717, 1.165) is 15.4 Å². The Morgan fingerprint density at radius 2 is 2.33 bits per heavy atom. The zero-order valence-corrected chi connectivity index (χ0v) is 9.89. The number of H-pyrrole nitrogens is 1. The zero-order valence-electron chi connectivity index (χ0n) is 8.30. The summed E-state index contributed by atoms with van der Waals surface area (Å²) in [4.78, 5) is 14.7. The molecule has 0 bridgehead atoms. The minimum absolute atomic E-state index is 0.0360. The maximum atomic E-state index is 11.7. The van der Waals surface area contributed by atoms with Gasteiger partial charge in [0.05, 0.1) is 5.56 Å². The molecule has 1 amide bonds. The van der Waals surface area contributed by atoms with Crippen LogP contribution in [0.25, 0.3) is 10.9 Å². The molecule has 0 saturated carbocycles. The fourth-order valence-electron chi connectivity index (χ4n) is 1.54. The van der Waals surface area contributed by atoms with Crippen molar-refractivity contribution in [1.29, 1.82) is 0 Å². The molecule has 2 aromatic rings. The zero-order chi connectivity index (χ0) is 10.8. The van der Waals surface area contributed by atoms with Crippen molar-refractivity contribution in [1.82, 2.24) is 10.3 Å². The van der Waals surface area contributed by atoms with Crippen molar-refractivity contribution < 1.29 is 4.79 Å². The maximum absolute atomic E-state index is 11.7. The molecule has 78 valence electrons. The quantitative estimate of drug-likeness (QED) is 0.863. The second-order valence-electron chi connectivity index (χ2n) is 3.25. The third kappa shape index (κ3) is 1.90. The molecule has 4 heteroatoms. The average Bonchev–Trinajstić information content (AvgIpc) is 2.60. The lowest BCUT2D eigenvalue weighted by atomic mass is 10.1. The standard InChI is InChI=1S/C11H11BrN2O/c1-2-13-11(15)9-6-14-10-5-7(12)3-4-8(9)10/h3-6,14H,2H2,1H3,(H,13,15).